The molecule has 0 bridgehead atoms. The van der Waals surface area contributed by atoms with Crippen LogP contribution in [0.2, 0.25) is 25.7 Å². The number of aryl methyl sites for hydroxylation is 1. The van der Waals surface area contributed by atoms with Crippen molar-refractivity contribution in [2.45, 2.75) is 84.6 Å². The van der Waals surface area contributed by atoms with Crippen molar-refractivity contribution in [3.63, 3.8) is 0 Å². The Bertz CT molecular complexity index is 1670. The molecule has 1 aliphatic heterocycles. The molecule has 9 heteroatoms. The Morgan fingerprint density at radius 1 is 1.07 bits per heavy atom. The molecule has 0 aliphatic carbocycles. The van der Waals surface area contributed by atoms with Crippen LogP contribution in [0.25, 0.3) is 21.8 Å². The average molecular weight is 615 g/mol. The molecule has 1 N–H and O–H groups in total. The van der Waals surface area contributed by atoms with Gasteiger partial charge in [-0.1, -0.05) is 62.1 Å². The molecule has 0 spiro atoms. The quantitative estimate of drug-likeness (QED) is 0.155. The third-order valence-corrected chi connectivity index (χ3v) is 9.83. The van der Waals surface area contributed by atoms with E-state index in [4.69, 9.17) is 14.5 Å². The van der Waals surface area contributed by atoms with Crippen LogP contribution in [0.15, 0.2) is 54.6 Å². The molecular formula is C35H46N4O4Si. The second-order valence-electron chi connectivity index (χ2n) is 14.2. The zero-order valence-electron chi connectivity index (χ0n) is 27.4. The molecule has 1 fully saturated rings. The molecule has 44 heavy (non-hydrogen) atoms. The van der Waals surface area contributed by atoms with Crippen LogP contribution in [-0.2, 0) is 16.2 Å². The van der Waals surface area contributed by atoms with Crippen LogP contribution in [0.3, 0.4) is 0 Å². The van der Waals surface area contributed by atoms with Gasteiger partial charge in [0.2, 0.25) is 0 Å². The number of hydrogen-bond donors (Lipinski definition) is 1. The number of fused-ring (bicyclic) bond motifs is 2. The van der Waals surface area contributed by atoms with Crippen LogP contribution in [-0.4, -0.2) is 59.8 Å². The van der Waals surface area contributed by atoms with Gasteiger partial charge in [-0.05, 0) is 74.7 Å². The lowest BCUT2D eigenvalue weighted by Gasteiger charge is -2.39. The predicted molar refractivity (Wildman–Crippen MR) is 179 cm³/mol. The summed E-state index contributed by atoms with van der Waals surface area (Å²) in [5, 5.41) is 5.52. The monoisotopic (exact) mass is 614 g/mol. The van der Waals surface area contributed by atoms with Crippen LogP contribution in [0.4, 0.5) is 4.79 Å². The highest BCUT2D eigenvalue weighted by Gasteiger charge is 2.37. The summed E-state index contributed by atoms with van der Waals surface area (Å²) in [6.07, 6.45) is -0.307. The van der Waals surface area contributed by atoms with E-state index in [1.807, 2.05) is 65.0 Å². The largest absolute Gasteiger partial charge is 0.444 e. The average Bonchev–Trinajstić information content (AvgIpc) is 3.24. The van der Waals surface area contributed by atoms with Gasteiger partial charge in [0, 0.05) is 33.3 Å². The third kappa shape index (κ3) is 7.16. The van der Waals surface area contributed by atoms with E-state index >= 15 is 0 Å². The summed E-state index contributed by atoms with van der Waals surface area (Å²) in [4.78, 5) is 33.1. The fourth-order valence-electron chi connectivity index (χ4n) is 5.62. The predicted octanol–water partition coefficient (Wildman–Crippen LogP) is 7.64. The van der Waals surface area contributed by atoms with Crippen molar-refractivity contribution < 1.29 is 19.1 Å². The summed E-state index contributed by atoms with van der Waals surface area (Å²) in [7, 11) is -1.26. The van der Waals surface area contributed by atoms with E-state index in [9.17, 15) is 9.59 Å². The van der Waals surface area contributed by atoms with Gasteiger partial charge in [0.1, 0.15) is 18.2 Å². The van der Waals surface area contributed by atoms with Gasteiger partial charge in [-0.25, -0.2) is 9.78 Å². The number of imidazole rings is 1. The zero-order chi connectivity index (χ0) is 31.8. The van der Waals surface area contributed by atoms with E-state index in [0.717, 1.165) is 44.8 Å². The van der Waals surface area contributed by atoms with E-state index in [2.05, 4.69) is 53.8 Å². The van der Waals surface area contributed by atoms with Gasteiger partial charge < -0.3 is 24.3 Å². The van der Waals surface area contributed by atoms with Crippen LogP contribution < -0.4 is 5.32 Å². The van der Waals surface area contributed by atoms with Gasteiger partial charge >= 0.3 is 6.09 Å². The highest BCUT2D eigenvalue weighted by Crippen LogP contribution is 2.32. The van der Waals surface area contributed by atoms with Gasteiger partial charge in [-0.2, -0.15) is 0 Å². The molecule has 2 amide bonds. The Morgan fingerprint density at radius 3 is 2.48 bits per heavy atom. The first-order valence-electron chi connectivity index (χ1n) is 15.6. The maximum atomic E-state index is 13.7. The second-order valence-corrected chi connectivity index (χ2v) is 19.9. The number of aromatic nitrogens is 2. The molecule has 8 nitrogen and oxygen atoms in total. The molecule has 1 aliphatic rings. The highest BCUT2D eigenvalue weighted by molar-refractivity contribution is 6.76. The number of amides is 2. The van der Waals surface area contributed by atoms with E-state index in [1.165, 1.54) is 0 Å². The highest BCUT2D eigenvalue weighted by atomic mass is 28.3. The first-order valence-corrected chi connectivity index (χ1v) is 19.3. The number of ether oxygens (including phenoxy) is 2. The molecule has 5 rings (SSSR count). The van der Waals surface area contributed by atoms with Gasteiger partial charge in [0.05, 0.1) is 23.0 Å². The number of nitrogens with zero attached hydrogens (tertiary/aromatic N) is 3. The molecule has 0 saturated carbocycles. The Balaban J connectivity index is 1.41. The van der Waals surface area contributed by atoms with Gasteiger partial charge in [-0.15, -0.1) is 0 Å². The van der Waals surface area contributed by atoms with Crippen molar-refractivity contribution in [2.75, 3.05) is 19.7 Å². The first kappa shape index (κ1) is 31.7. The van der Waals surface area contributed by atoms with Gasteiger partial charge in [0.25, 0.3) is 5.91 Å². The Labute approximate surface area is 261 Å². The number of rotatable bonds is 9. The van der Waals surface area contributed by atoms with Gasteiger partial charge in [-0.3, -0.25) is 4.79 Å². The summed E-state index contributed by atoms with van der Waals surface area (Å²) >= 11 is 0. The van der Waals surface area contributed by atoms with Crippen LogP contribution in [0.5, 0.6) is 0 Å². The van der Waals surface area contributed by atoms with E-state index in [0.29, 0.717) is 32.0 Å². The maximum Gasteiger partial charge on any atom is 0.410 e. The zero-order valence-corrected chi connectivity index (χ0v) is 28.4. The van der Waals surface area contributed by atoms with E-state index < -0.39 is 13.7 Å². The van der Waals surface area contributed by atoms with Crippen molar-refractivity contribution in [1.29, 1.82) is 0 Å². The fourth-order valence-corrected chi connectivity index (χ4v) is 6.37. The fraction of sp³-hybridized carbons (Fsp3) is 0.457. The molecule has 234 valence electrons. The lowest BCUT2D eigenvalue weighted by Crippen LogP contribution is -2.51. The molecule has 2 heterocycles. The SMILES string of the molecule is Cc1cc2nc(C3CN(C(=O)OC(C)(C)C)C3)n(COCC[Si](C)(C)C)c2cc1C(=O)N[C@H](C)c1cccc2ccccc12. The van der Waals surface area contributed by atoms with Crippen molar-refractivity contribution in [1.82, 2.24) is 19.8 Å². The molecule has 4 aromatic rings. The Kier molecular flexibility index (Phi) is 8.91. The number of carbonyl (C=O) groups excluding carboxylic acids is 2. The molecule has 0 radical (unpaired) electrons. The second kappa shape index (κ2) is 12.4. The summed E-state index contributed by atoms with van der Waals surface area (Å²) in [5.74, 6) is 0.798. The lowest BCUT2D eigenvalue weighted by atomic mass is 9.99. The van der Waals surface area contributed by atoms with Crippen LogP contribution in [0.1, 0.15) is 67.0 Å². The molecule has 1 atom stereocenters. The Hall–Kier alpha value is -3.69. The topological polar surface area (TPSA) is 85.7 Å². The standard InChI is InChI=1S/C35H46N4O4Si/c1-23-18-30-31(19-29(23)33(40)36-24(2)27-15-11-13-25-12-9-10-14-28(25)27)39(22-42-16-17-44(6,7)8)32(37-30)26-20-38(21-26)34(41)43-35(3,4)5/h9-15,18-19,24,26H,16-17,20-22H2,1-8H3,(H,36,40)/t24-/m1/s1. The lowest BCUT2D eigenvalue weighted by molar-refractivity contribution is 0.00642. The first-order chi connectivity index (χ1) is 20.7. The van der Waals surface area contributed by atoms with Crippen molar-refractivity contribution in [3.05, 3.63) is 77.1 Å². The number of carbonyl (C=O) groups is 2. The molecule has 0 unspecified atom stereocenters. The number of hydrogen-bond acceptors (Lipinski definition) is 5. The number of nitrogens with one attached hydrogen (secondary N) is 1. The molecular weight excluding hydrogens is 568 g/mol. The van der Waals surface area contributed by atoms with Gasteiger partial charge in [0.15, 0.2) is 0 Å². The smallest absolute Gasteiger partial charge is 0.410 e. The van der Waals surface area contributed by atoms with E-state index in [1.54, 1.807) is 4.90 Å². The minimum atomic E-state index is -1.26. The van der Waals surface area contributed by atoms with Crippen LogP contribution >= 0.6 is 0 Å². The van der Waals surface area contributed by atoms with Crippen molar-refractivity contribution in [3.8, 4) is 0 Å². The maximum absolute atomic E-state index is 13.7. The normalized spacial score (nSPS) is 15.0. The summed E-state index contributed by atoms with van der Waals surface area (Å²) < 4.78 is 13.9. The van der Waals surface area contributed by atoms with Crippen molar-refractivity contribution >= 4 is 41.9 Å². The minimum absolute atomic E-state index is 0.0551. The van der Waals surface area contributed by atoms with E-state index in [-0.39, 0.29) is 24.0 Å². The Morgan fingerprint density at radius 2 is 1.77 bits per heavy atom. The van der Waals surface area contributed by atoms with Crippen molar-refractivity contribution in [2.24, 2.45) is 0 Å². The molecule has 3 aromatic carbocycles. The summed E-state index contributed by atoms with van der Waals surface area (Å²) in [5.41, 5.74) is 3.69. The summed E-state index contributed by atoms with van der Waals surface area (Å²) in [6.45, 7) is 18.7. The van der Waals surface area contributed by atoms with Crippen LogP contribution in [0, 0.1) is 6.92 Å². The molecule has 1 saturated heterocycles. The number of likely N-dealkylation sites (tertiary alicyclic amines) is 1. The third-order valence-electron chi connectivity index (χ3n) is 8.12. The number of benzene rings is 3. The molecule has 1 aromatic heterocycles. The summed E-state index contributed by atoms with van der Waals surface area (Å²) in [6, 6.07) is 19.2. The minimum Gasteiger partial charge on any atom is -0.444 e.